The molecule has 0 unspecified atom stereocenters. The van der Waals surface area contributed by atoms with Gasteiger partial charge in [-0.05, 0) is 0 Å². The Kier molecular flexibility index (Phi) is 1.99. The molecule has 1 heteroatoms. The molecule has 2 aliphatic carbocycles. The van der Waals surface area contributed by atoms with Gasteiger partial charge in [-0.15, -0.1) is 0 Å². The quantitative estimate of drug-likeness (QED) is 0.500. The van der Waals surface area contributed by atoms with Gasteiger partial charge in [-0.2, -0.15) is 0 Å². The maximum absolute atomic E-state index is 2.27. The molecule has 0 radical (unpaired) electrons. The molecule has 0 bridgehead atoms. The Morgan fingerprint density at radius 2 is 1.36 bits per heavy atom. The van der Waals surface area contributed by atoms with Crippen LogP contribution in [0.25, 0.3) is 11.1 Å². The zero-order valence-electron chi connectivity index (χ0n) is 6.54. The second kappa shape index (κ2) is 2.98. The van der Waals surface area contributed by atoms with Crippen molar-refractivity contribution in [2.24, 2.45) is 0 Å². The summed E-state index contributed by atoms with van der Waals surface area (Å²) in [5.74, 6) is 0. The summed E-state index contributed by atoms with van der Waals surface area (Å²) in [4.78, 5) is 0. The molecule has 0 aromatic rings. The predicted molar refractivity (Wildman–Crippen MR) is 48.5 cm³/mol. The van der Waals surface area contributed by atoms with Gasteiger partial charge >= 0.3 is 84.3 Å². The SMILES string of the molecule is [Na][c]1cc2cccccc-2c1. The first-order valence-corrected chi connectivity index (χ1v) is 4.82. The third-order valence-electron chi connectivity index (χ3n) is 1.87. The third kappa shape index (κ3) is 1.48. The Hall–Kier alpha value is -0.300. The van der Waals surface area contributed by atoms with Gasteiger partial charge in [-0.25, -0.2) is 0 Å². The van der Waals surface area contributed by atoms with E-state index in [9.17, 15) is 0 Å². The van der Waals surface area contributed by atoms with Gasteiger partial charge in [-0.3, -0.25) is 0 Å². The molecule has 0 atom stereocenters. The molecule has 2 rings (SSSR count). The van der Waals surface area contributed by atoms with E-state index in [4.69, 9.17) is 0 Å². The molecule has 0 saturated carbocycles. The fourth-order valence-corrected chi connectivity index (χ4v) is 1.99. The van der Waals surface area contributed by atoms with E-state index in [0.717, 1.165) is 27.9 Å². The summed E-state index contributed by atoms with van der Waals surface area (Å²) < 4.78 is 1.48. The standard InChI is InChI=1S/C10H7.Na/c1-2-5-9-7-4-8-10(9)6-3-1;/h1-3,5-8H;. The normalized spacial score (nSPS) is 10.4. The third-order valence-corrected chi connectivity index (χ3v) is 2.45. The van der Waals surface area contributed by atoms with E-state index in [1.165, 1.54) is 13.9 Å². The summed E-state index contributed by atoms with van der Waals surface area (Å²) in [6, 6.07) is 15.1. The van der Waals surface area contributed by atoms with Crippen LogP contribution in [0, 0.1) is 0 Å². The molecule has 0 nitrogen and oxygen atoms in total. The van der Waals surface area contributed by atoms with Crippen LogP contribution in [-0.4, -0.2) is 27.9 Å². The average Bonchev–Trinajstić information content (AvgIpc) is 2.17. The van der Waals surface area contributed by atoms with Gasteiger partial charge in [0.15, 0.2) is 0 Å². The summed E-state index contributed by atoms with van der Waals surface area (Å²) in [5.41, 5.74) is 2.72. The molecule has 0 saturated heterocycles. The van der Waals surface area contributed by atoms with Crippen LogP contribution in [-0.2, 0) is 0 Å². The van der Waals surface area contributed by atoms with E-state index in [-0.39, 0.29) is 0 Å². The Bertz CT molecular complexity index is 310. The number of hydrogen-bond acceptors (Lipinski definition) is 0. The summed E-state index contributed by atoms with van der Waals surface area (Å²) in [6.07, 6.45) is 0. The van der Waals surface area contributed by atoms with Gasteiger partial charge in [0.1, 0.15) is 0 Å². The summed E-state index contributed by atoms with van der Waals surface area (Å²) >= 11 is 1.15. The van der Waals surface area contributed by atoms with Crippen molar-refractivity contribution < 1.29 is 0 Å². The molecule has 0 amide bonds. The molecular formula is C10H7Na. The first-order chi connectivity index (χ1) is 5.36. The summed E-state index contributed by atoms with van der Waals surface area (Å²) in [6.45, 7) is 0. The molecule has 0 spiro atoms. The van der Waals surface area contributed by atoms with Crippen molar-refractivity contribution in [3.63, 3.8) is 0 Å². The van der Waals surface area contributed by atoms with Gasteiger partial charge in [0.25, 0.3) is 0 Å². The van der Waals surface area contributed by atoms with Crippen LogP contribution in [0.4, 0.5) is 0 Å². The Balaban J connectivity index is 2.73. The second-order valence-corrected chi connectivity index (χ2v) is 4.01. The maximum atomic E-state index is 2.27. The Morgan fingerprint density at radius 1 is 0.818 bits per heavy atom. The Labute approximate surface area is 84.0 Å². The Morgan fingerprint density at radius 3 is 1.91 bits per heavy atom. The minimum atomic E-state index is 1.15. The van der Waals surface area contributed by atoms with Crippen LogP contribution in [0.15, 0.2) is 42.5 Å². The number of fused-ring (bicyclic) bond motifs is 1. The van der Waals surface area contributed by atoms with E-state index in [0.29, 0.717) is 0 Å². The first-order valence-electron chi connectivity index (χ1n) is 3.82. The van der Waals surface area contributed by atoms with Crippen molar-refractivity contribution in [3.8, 4) is 11.1 Å². The monoisotopic (exact) mass is 150 g/mol. The van der Waals surface area contributed by atoms with Crippen molar-refractivity contribution in [2.75, 3.05) is 0 Å². The second-order valence-electron chi connectivity index (χ2n) is 2.85. The van der Waals surface area contributed by atoms with Crippen molar-refractivity contribution in [1.29, 1.82) is 0 Å². The van der Waals surface area contributed by atoms with Crippen LogP contribution in [0.1, 0.15) is 0 Å². The molecule has 0 fully saturated rings. The number of hydrogen-bond donors (Lipinski definition) is 0. The summed E-state index contributed by atoms with van der Waals surface area (Å²) in [5, 5.41) is 0. The average molecular weight is 150 g/mol. The zero-order valence-corrected chi connectivity index (χ0v) is 8.54. The van der Waals surface area contributed by atoms with Crippen LogP contribution < -0.4 is 2.81 Å². The van der Waals surface area contributed by atoms with Gasteiger partial charge in [0.05, 0.1) is 0 Å². The molecule has 0 aromatic heterocycles. The van der Waals surface area contributed by atoms with E-state index in [1.54, 1.807) is 0 Å². The fraction of sp³-hybridized carbons (Fsp3) is 0. The van der Waals surface area contributed by atoms with Crippen LogP contribution in [0.5, 0.6) is 0 Å². The number of rotatable bonds is 0. The van der Waals surface area contributed by atoms with Gasteiger partial charge in [-0.1, -0.05) is 0 Å². The molecule has 0 aliphatic heterocycles. The molecule has 0 N–H and O–H groups in total. The van der Waals surface area contributed by atoms with Crippen molar-refractivity contribution in [1.82, 2.24) is 0 Å². The molecule has 2 aliphatic rings. The van der Waals surface area contributed by atoms with E-state index < -0.39 is 0 Å². The predicted octanol–water partition coefficient (Wildman–Crippen LogP) is 1.59. The van der Waals surface area contributed by atoms with Crippen LogP contribution in [0.2, 0.25) is 0 Å². The van der Waals surface area contributed by atoms with E-state index in [1.807, 2.05) is 0 Å². The molecule has 11 heavy (non-hydrogen) atoms. The molecular weight excluding hydrogens is 143 g/mol. The minimum absolute atomic E-state index is 1.15. The van der Waals surface area contributed by atoms with Gasteiger partial charge in [0, 0.05) is 0 Å². The topological polar surface area (TPSA) is 0 Å². The zero-order chi connectivity index (χ0) is 7.68. The van der Waals surface area contributed by atoms with Crippen molar-refractivity contribution in [3.05, 3.63) is 42.5 Å². The van der Waals surface area contributed by atoms with Crippen LogP contribution >= 0.6 is 0 Å². The van der Waals surface area contributed by atoms with Crippen molar-refractivity contribution >= 4 is 30.7 Å². The van der Waals surface area contributed by atoms with Crippen LogP contribution in [0.3, 0.4) is 0 Å². The summed E-state index contributed by atoms with van der Waals surface area (Å²) in [7, 11) is 0. The van der Waals surface area contributed by atoms with Crippen molar-refractivity contribution in [2.45, 2.75) is 0 Å². The fourth-order valence-electron chi connectivity index (χ4n) is 1.37. The molecule has 48 valence electrons. The van der Waals surface area contributed by atoms with Gasteiger partial charge in [0.2, 0.25) is 0 Å². The first kappa shape index (κ1) is 7.35. The molecule has 0 aromatic carbocycles. The van der Waals surface area contributed by atoms with Gasteiger partial charge < -0.3 is 0 Å². The van der Waals surface area contributed by atoms with E-state index in [2.05, 4.69) is 42.5 Å². The molecule has 0 heterocycles. The van der Waals surface area contributed by atoms with E-state index >= 15 is 0 Å².